The lowest BCUT2D eigenvalue weighted by Gasteiger charge is -2.64. The van der Waals surface area contributed by atoms with Gasteiger partial charge in [-0.25, -0.2) is 0 Å². The Bertz CT molecular complexity index is 1190. The van der Waals surface area contributed by atoms with Crippen LogP contribution in [0.25, 0.3) is 0 Å². The summed E-state index contributed by atoms with van der Waals surface area (Å²) in [4.78, 5) is 30.7. The molecule has 5 N–H and O–H groups in total. The van der Waals surface area contributed by atoms with E-state index >= 15 is 0 Å². The smallest absolute Gasteiger partial charge is 0.268 e. The third-order valence-electron chi connectivity index (χ3n) is 9.21. The molecule has 8 nitrogen and oxygen atoms in total. The summed E-state index contributed by atoms with van der Waals surface area (Å²) >= 11 is 0. The zero-order chi connectivity index (χ0) is 23.2. The molecule has 2 saturated carbocycles. The minimum atomic E-state index is -0.979. The number of nitrogens with two attached hydrogens (primary N) is 1. The van der Waals surface area contributed by atoms with Crippen LogP contribution >= 0.6 is 0 Å². The summed E-state index contributed by atoms with van der Waals surface area (Å²) < 4.78 is 6.59. The molecule has 2 aromatic rings. The third-order valence-corrected chi connectivity index (χ3v) is 9.21. The van der Waals surface area contributed by atoms with Gasteiger partial charge in [-0.3, -0.25) is 14.5 Å². The van der Waals surface area contributed by atoms with Crippen LogP contribution in [0, 0.1) is 5.92 Å². The molecule has 178 valence electrons. The van der Waals surface area contributed by atoms with E-state index in [1.807, 2.05) is 6.07 Å². The molecular weight excluding hydrogens is 432 g/mol. The van der Waals surface area contributed by atoms with Crippen molar-refractivity contribution in [3.8, 4) is 5.75 Å². The van der Waals surface area contributed by atoms with Crippen LogP contribution in [0.5, 0.6) is 5.75 Å². The van der Waals surface area contributed by atoms with Crippen LogP contribution in [0.15, 0.2) is 30.5 Å². The summed E-state index contributed by atoms with van der Waals surface area (Å²) in [7, 11) is 0. The van der Waals surface area contributed by atoms with E-state index in [2.05, 4.69) is 15.2 Å². The topological polar surface area (TPSA) is 121 Å². The van der Waals surface area contributed by atoms with Crippen molar-refractivity contribution in [2.45, 2.75) is 67.7 Å². The maximum atomic E-state index is 13.0. The number of benzene rings is 1. The first-order valence-corrected chi connectivity index (χ1v) is 12.5. The first kappa shape index (κ1) is 20.5. The molecule has 5 aliphatic rings. The molecule has 1 saturated heterocycles. The monoisotopic (exact) mass is 462 g/mol. The molecule has 2 aliphatic heterocycles. The summed E-state index contributed by atoms with van der Waals surface area (Å²) in [5.74, 6) is 0.532. The Morgan fingerprint density at radius 1 is 1.24 bits per heavy atom. The molecule has 0 unspecified atom stereocenters. The highest BCUT2D eigenvalue weighted by atomic mass is 16.5. The molecule has 0 radical (unpaired) electrons. The Morgan fingerprint density at radius 3 is 2.82 bits per heavy atom. The number of aromatic amines is 1. The van der Waals surface area contributed by atoms with Crippen molar-refractivity contribution in [2.75, 3.05) is 13.1 Å². The van der Waals surface area contributed by atoms with Crippen molar-refractivity contribution >= 4 is 11.8 Å². The number of hydrogen-bond donors (Lipinski definition) is 4. The lowest BCUT2D eigenvalue weighted by molar-refractivity contribution is -0.191. The van der Waals surface area contributed by atoms with Crippen molar-refractivity contribution in [2.24, 2.45) is 11.7 Å². The van der Waals surface area contributed by atoms with Gasteiger partial charge in [0, 0.05) is 24.3 Å². The zero-order valence-electron chi connectivity index (χ0n) is 19.0. The van der Waals surface area contributed by atoms with Gasteiger partial charge in [0.2, 0.25) is 0 Å². The van der Waals surface area contributed by atoms with Crippen LogP contribution in [-0.2, 0) is 11.8 Å². The summed E-state index contributed by atoms with van der Waals surface area (Å²) in [5.41, 5.74) is 7.03. The molecule has 34 heavy (non-hydrogen) atoms. The largest absolute Gasteiger partial charge is 0.486 e. The van der Waals surface area contributed by atoms with E-state index in [1.165, 1.54) is 12.8 Å². The van der Waals surface area contributed by atoms with Crippen LogP contribution in [-0.4, -0.2) is 63.7 Å². The second-order valence-corrected chi connectivity index (χ2v) is 10.9. The molecule has 5 atom stereocenters. The standard InChI is InChI=1S/C26H30N4O4/c27-23(31)16-6-5-15-12-19-26(33)8-7-17(29-24(32)18-2-1-10-28-18)22-25(26,20(15)21(16)34-22)9-11-30(19)13-14-3-4-14/h1-2,5-6,10,14,17,19,22,28,33H,3-4,7-9,11-13H2,(H2,27,31)(H,29,32)/t17-,19-,22+,25+,26-/m1/s1. The Balaban J connectivity index is 1.35. The van der Waals surface area contributed by atoms with E-state index in [1.54, 1.807) is 24.4 Å². The normalized spacial score (nSPS) is 35.4. The van der Waals surface area contributed by atoms with Crippen molar-refractivity contribution in [1.29, 1.82) is 0 Å². The van der Waals surface area contributed by atoms with Gasteiger partial charge in [-0.1, -0.05) is 6.07 Å². The zero-order valence-corrected chi connectivity index (χ0v) is 19.0. The van der Waals surface area contributed by atoms with E-state index in [4.69, 9.17) is 10.5 Å². The summed E-state index contributed by atoms with van der Waals surface area (Å²) in [5, 5.41) is 15.7. The number of rotatable bonds is 5. The molecule has 1 aromatic heterocycles. The Labute approximate surface area is 197 Å². The van der Waals surface area contributed by atoms with Gasteiger partial charge in [0.15, 0.2) is 0 Å². The molecule has 1 spiro atoms. The van der Waals surface area contributed by atoms with Crippen molar-refractivity contribution in [3.63, 3.8) is 0 Å². The predicted molar refractivity (Wildman–Crippen MR) is 124 cm³/mol. The highest BCUT2D eigenvalue weighted by molar-refractivity contribution is 5.97. The Morgan fingerprint density at radius 2 is 2.09 bits per heavy atom. The quantitative estimate of drug-likeness (QED) is 0.536. The van der Waals surface area contributed by atoms with Gasteiger partial charge in [-0.05, 0) is 74.8 Å². The highest BCUT2D eigenvalue weighted by Gasteiger charge is 2.73. The Kier molecular flexibility index (Phi) is 4.14. The summed E-state index contributed by atoms with van der Waals surface area (Å²) in [6.45, 7) is 1.91. The number of carbonyl (C=O) groups excluding carboxylic acids is 2. The lowest BCUT2D eigenvalue weighted by Crippen LogP contribution is -2.78. The van der Waals surface area contributed by atoms with Gasteiger partial charge in [-0.2, -0.15) is 0 Å². The van der Waals surface area contributed by atoms with E-state index in [-0.39, 0.29) is 18.0 Å². The molecule has 3 fully saturated rings. The van der Waals surface area contributed by atoms with Crippen LogP contribution in [0.2, 0.25) is 0 Å². The minimum absolute atomic E-state index is 0.00545. The van der Waals surface area contributed by atoms with E-state index in [9.17, 15) is 14.7 Å². The lowest BCUT2D eigenvalue weighted by atomic mass is 9.48. The van der Waals surface area contributed by atoms with Crippen molar-refractivity contribution in [1.82, 2.24) is 15.2 Å². The third kappa shape index (κ3) is 2.55. The van der Waals surface area contributed by atoms with Gasteiger partial charge in [0.05, 0.1) is 22.6 Å². The SMILES string of the molecule is NC(=O)c1ccc2c3c1O[C@H]1[C@H](NC(=O)c4ccc[nH]4)CC[C@@]4(O)[C@@H](C2)N(CC2CC2)CC[C@]314. The van der Waals surface area contributed by atoms with Gasteiger partial charge < -0.3 is 25.9 Å². The summed E-state index contributed by atoms with van der Waals surface area (Å²) in [6.07, 6.45) is 6.47. The number of ether oxygens (including phenoxy) is 1. The van der Waals surface area contributed by atoms with E-state index < -0.39 is 23.0 Å². The minimum Gasteiger partial charge on any atom is -0.486 e. The summed E-state index contributed by atoms with van der Waals surface area (Å²) in [6, 6.07) is 7.02. The highest BCUT2D eigenvalue weighted by Crippen LogP contribution is 2.64. The number of primary amides is 1. The number of aromatic nitrogens is 1. The number of hydrogen-bond acceptors (Lipinski definition) is 5. The molecule has 1 aromatic carbocycles. The fraction of sp³-hybridized carbons (Fsp3) is 0.538. The maximum absolute atomic E-state index is 13.0. The second kappa shape index (κ2) is 6.86. The molecule has 3 heterocycles. The first-order chi connectivity index (χ1) is 16.4. The number of piperidine rings is 1. The van der Waals surface area contributed by atoms with Gasteiger partial charge in [-0.15, -0.1) is 0 Å². The van der Waals surface area contributed by atoms with Gasteiger partial charge in [0.25, 0.3) is 11.8 Å². The van der Waals surface area contributed by atoms with Crippen LogP contribution in [0.3, 0.4) is 0 Å². The first-order valence-electron chi connectivity index (χ1n) is 12.5. The molecule has 2 bridgehead atoms. The number of carbonyl (C=O) groups is 2. The van der Waals surface area contributed by atoms with Gasteiger partial charge >= 0.3 is 0 Å². The predicted octanol–water partition coefficient (Wildman–Crippen LogP) is 1.48. The fourth-order valence-electron chi connectivity index (χ4n) is 7.56. The maximum Gasteiger partial charge on any atom is 0.268 e. The Hall–Kier alpha value is -2.84. The van der Waals surface area contributed by atoms with Gasteiger partial charge in [0.1, 0.15) is 17.5 Å². The number of nitrogens with one attached hydrogen (secondary N) is 2. The van der Waals surface area contributed by atoms with Crippen molar-refractivity contribution < 1.29 is 19.4 Å². The number of H-pyrrole nitrogens is 1. The molecule has 2 amide bonds. The molecular formula is C26H30N4O4. The van der Waals surface area contributed by atoms with Crippen LogP contribution in [0.4, 0.5) is 0 Å². The van der Waals surface area contributed by atoms with Crippen LogP contribution in [0.1, 0.15) is 64.1 Å². The molecule has 3 aliphatic carbocycles. The average Bonchev–Trinajstić information content (AvgIpc) is 3.30. The fourth-order valence-corrected chi connectivity index (χ4v) is 7.56. The van der Waals surface area contributed by atoms with E-state index in [0.29, 0.717) is 29.8 Å². The molecule has 7 rings (SSSR count). The molecule has 8 heteroatoms. The van der Waals surface area contributed by atoms with Crippen molar-refractivity contribution in [3.05, 3.63) is 52.8 Å². The van der Waals surface area contributed by atoms with Crippen LogP contribution < -0.4 is 15.8 Å². The number of nitrogens with zero attached hydrogens (tertiary/aromatic N) is 1. The van der Waals surface area contributed by atoms with E-state index in [0.717, 1.165) is 43.0 Å². The number of amides is 2. The number of aliphatic hydroxyl groups is 1. The average molecular weight is 463 g/mol. The second-order valence-electron chi connectivity index (χ2n) is 10.9. The number of likely N-dealkylation sites (tertiary alicyclic amines) is 1.